The third kappa shape index (κ3) is 3.45. The van der Waals surface area contributed by atoms with Crippen molar-refractivity contribution in [2.24, 2.45) is 0 Å². The summed E-state index contributed by atoms with van der Waals surface area (Å²) < 4.78 is 4.56. The molecule has 0 bridgehead atoms. The van der Waals surface area contributed by atoms with Crippen LogP contribution in [0.2, 0.25) is 0 Å². The molecule has 15 heavy (non-hydrogen) atoms. The van der Waals surface area contributed by atoms with Crippen LogP contribution >= 0.6 is 0 Å². The van der Waals surface area contributed by atoms with Gasteiger partial charge < -0.3 is 9.84 Å². The summed E-state index contributed by atoms with van der Waals surface area (Å²) in [5.74, 6) is 5.02. The minimum absolute atomic E-state index is 0.370. The van der Waals surface area contributed by atoms with E-state index in [4.69, 9.17) is 5.11 Å². The molecule has 0 aliphatic carbocycles. The van der Waals surface area contributed by atoms with Crippen LogP contribution in [0.15, 0.2) is 24.3 Å². The second-order valence-corrected chi connectivity index (χ2v) is 3.01. The van der Waals surface area contributed by atoms with Crippen LogP contribution in [0.3, 0.4) is 0 Å². The van der Waals surface area contributed by atoms with Crippen molar-refractivity contribution in [2.75, 3.05) is 7.11 Å². The highest BCUT2D eigenvalue weighted by Gasteiger charge is 2.02. The second-order valence-electron chi connectivity index (χ2n) is 3.01. The van der Waals surface area contributed by atoms with Crippen molar-refractivity contribution in [3.05, 3.63) is 35.4 Å². The lowest BCUT2D eigenvalue weighted by atomic mass is 10.1. The van der Waals surface area contributed by atoms with E-state index in [2.05, 4.69) is 16.6 Å². The zero-order valence-electron chi connectivity index (χ0n) is 8.65. The van der Waals surface area contributed by atoms with E-state index < -0.39 is 6.10 Å². The maximum Gasteiger partial charge on any atom is 0.337 e. The van der Waals surface area contributed by atoms with Gasteiger partial charge in [-0.05, 0) is 31.2 Å². The minimum Gasteiger partial charge on any atom is -0.465 e. The molecule has 0 amide bonds. The van der Waals surface area contributed by atoms with Crippen molar-refractivity contribution in [3.63, 3.8) is 0 Å². The molecule has 1 aromatic rings. The molecule has 0 radical (unpaired) electrons. The molecule has 0 fully saturated rings. The van der Waals surface area contributed by atoms with Gasteiger partial charge in [-0.15, -0.1) is 0 Å². The van der Waals surface area contributed by atoms with E-state index in [-0.39, 0.29) is 5.97 Å². The van der Waals surface area contributed by atoms with Gasteiger partial charge in [0.25, 0.3) is 0 Å². The predicted molar refractivity (Wildman–Crippen MR) is 56.3 cm³/mol. The Morgan fingerprint density at radius 3 is 2.47 bits per heavy atom. The first kappa shape index (κ1) is 11.3. The monoisotopic (exact) mass is 204 g/mol. The number of aliphatic hydroxyl groups is 1. The van der Waals surface area contributed by atoms with Gasteiger partial charge in [0.05, 0.1) is 12.7 Å². The van der Waals surface area contributed by atoms with Gasteiger partial charge in [-0.2, -0.15) is 0 Å². The third-order valence-electron chi connectivity index (χ3n) is 1.73. The van der Waals surface area contributed by atoms with E-state index in [9.17, 15) is 4.79 Å². The topological polar surface area (TPSA) is 46.5 Å². The zero-order valence-corrected chi connectivity index (χ0v) is 8.65. The van der Waals surface area contributed by atoms with Crippen molar-refractivity contribution in [1.82, 2.24) is 0 Å². The van der Waals surface area contributed by atoms with Crippen LogP contribution in [-0.2, 0) is 4.74 Å². The first-order valence-corrected chi connectivity index (χ1v) is 4.51. The fourth-order valence-corrected chi connectivity index (χ4v) is 0.995. The lowest BCUT2D eigenvalue weighted by Gasteiger charge is -1.98. The summed E-state index contributed by atoms with van der Waals surface area (Å²) in [6.45, 7) is 1.59. The molecule has 0 saturated heterocycles. The van der Waals surface area contributed by atoms with E-state index in [0.29, 0.717) is 5.56 Å². The van der Waals surface area contributed by atoms with Crippen molar-refractivity contribution in [3.8, 4) is 11.8 Å². The van der Waals surface area contributed by atoms with E-state index in [1.165, 1.54) is 7.11 Å². The molecule has 0 spiro atoms. The predicted octanol–water partition coefficient (Wildman–Crippen LogP) is 1.21. The maximum absolute atomic E-state index is 11.1. The van der Waals surface area contributed by atoms with E-state index >= 15 is 0 Å². The number of hydrogen-bond donors (Lipinski definition) is 1. The van der Waals surface area contributed by atoms with Gasteiger partial charge in [-0.3, -0.25) is 0 Å². The zero-order chi connectivity index (χ0) is 11.3. The average molecular weight is 204 g/mol. The Labute approximate surface area is 88.7 Å². The van der Waals surface area contributed by atoms with E-state index in [0.717, 1.165) is 5.56 Å². The van der Waals surface area contributed by atoms with Crippen LogP contribution in [0.5, 0.6) is 0 Å². The number of carbonyl (C=O) groups is 1. The number of aliphatic hydroxyl groups excluding tert-OH is 1. The number of ether oxygens (including phenoxy) is 1. The summed E-state index contributed by atoms with van der Waals surface area (Å²) in [4.78, 5) is 11.1. The van der Waals surface area contributed by atoms with Crippen molar-refractivity contribution in [1.29, 1.82) is 0 Å². The molecule has 1 atom stereocenters. The molecule has 3 heteroatoms. The van der Waals surface area contributed by atoms with E-state index in [1.807, 2.05) is 0 Å². The molecule has 1 aromatic carbocycles. The molecule has 0 heterocycles. The lowest BCUT2D eigenvalue weighted by Crippen LogP contribution is -2.00. The molecular formula is C12H12O3. The van der Waals surface area contributed by atoms with Crippen molar-refractivity contribution in [2.45, 2.75) is 13.0 Å². The summed E-state index contributed by atoms with van der Waals surface area (Å²) in [5, 5.41) is 8.95. The quantitative estimate of drug-likeness (QED) is 0.552. The van der Waals surface area contributed by atoms with Crippen LogP contribution < -0.4 is 0 Å². The normalized spacial score (nSPS) is 11.1. The Kier molecular flexibility index (Phi) is 3.90. The number of methoxy groups -OCH3 is 1. The highest BCUT2D eigenvalue weighted by atomic mass is 16.5. The van der Waals surface area contributed by atoms with Crippen LogP contribution in [0.25, 0.3) is 0 Å². The summed E-state index contributed by atoms with van der Waals surface area (Å²) in [5.41, 5.74) is 1.24. The molecule has 0 aliphatic rings. The van der Waals surface area contributed by atoms with Crippen LogP contribution in [0.4, 0.5) is 0 Å². The van der Waals surface area contributed by atoms with E-state index in [1.54, 1.807) is 31.2 Å². The number of rotatable bonds is 1. The number of benzene rings is 1. The summed E-state index contributed by atoms with van der Waals surface area (Å²) in [6, 6.07) is 6.69. The summed E-state index contributed by atoms with van der Waals surface area (Å²) in [6.07, 6.45) is -0.648. The van der Waals surface area contributed by atoms with Gasteiger partial charge in [0.2, 0.25) is 0 Å². The number of hydrogen-bond acceptors (Lipinski definition) is 3. The van der Waals surface area contributed by atoms with Crippen LogP contribution in [0, 0.1) is 11.8 Å². The standard InChI is InChI=1S/C12H12O3/c1-9(13)3-4-10-5-7-11(8-6-10)12(14)15-2/h5-9,13H,1-2H3. The summed E-state index contributed by atoms with van der Waals surface area (Å²) in [7, 11) is 1.34. The molecule has 78 valence electrons. The Morgan fingerprint density at radius 2 is 2.00 bits per heavy atom. The molecule has 1 rings (SSSR count). The van der Waals surface area contributed by atoms with Gasteiger partial charge in [0.15, 0.2) is 0 Å². The molecule has 1 N–H and O–H groups in total. The fourth-order valence-electron chi connectivity index (χ4n) is 0.995. The van der Waals surface area contributed by atoms with Gasteiger partial charge in [-0.25, -0.2) is 4.79 Å². The maximum atomic E-state index is 11.1. The molecule has 0 saturated carbocycles. The Bertz CT molecular complexity index is 393. The smallest absolute Gasteiger partial charge is 0.337 e. The van der Waals surface area contributed by atoms with Gasteiger partial charge in [0, 0.05) is 5.56 Å². The average Bonchev–Trinajstić information content (AvgIpc) is 2.26. The van der Waals surface area contributed by atoms with Crippen LogP contribution in [0.1, 0.15) is 22.8 Å². The third-order valence-corrected chi connectivity index (χ3v) is 1.73. The number of carbonyl (C=O) groups excluding carboxylic acids is 1. The van der Waals surface area contributed by atoms with Gasteiger partial charge in [0.1, 0.15) is 6.10 Å². The Balaban J connectivity index is 2.83. The highest BCUT2D eigenvalue weighted by Crippen LogP contribution is 2.04. The molecule has 0 aromatic heterocycles. The van der Waals surface area contributed by atoms with Crippen LogP contribution in [-0.4, -0.2) is 24.3 Å². The summed E-state index contributed by atoms with van der Waals surface area (Å²) >= 11 is 0. The SMILES string of the molecule is COC(=O)c1ccc(C#CC(C)O)cc1. The minimum atomic E-state index is -0.648. The first-order valence-electron chi connectivity index (χ1n) is 4.51. The van der Waals surface area contributed by atoms with Crippen molar-refractivity contribution >= 4 is 5.97 Å². The highest BCUT2D eigenvalue weighted by molar-refractivity contribution is 5.89. The molecule has 0 aliphatic heterocycles. The Hall–Kier alpha value is -1.79. The Morgan fingerprint density at radius 1 is 1.40 bits per heavy atom. The second kappa shape index (κ2) is 5.18. The lowest BCUT2D eigenvalue weighted by molar-refractivity contribution is 0.0600. The van der Waals surface area contributed by atoms with Crippen molar-refractivity contribution < 1.29 is 14.6 Å². The largest absolute Gasteiger partial charge is 0.465 e. The first-order chi connectivity index (χ1) is 7.13. The molecule has 1 unspecified atom stereocenters. The molecule has 3 nitrogen and oxygen atoms in total. The molecular weight excluding hydrogens is 192 g/mol. The number of esters is 1. The fraction of sp³-hybridized carbons (Fsp3) is 0.250. The van der Waals surface area contributed by atoms with Gasteiger partial charge in [-0.1, -0.05) is 11.8 Å². The van der Waals surface area contributed by atoms with Gasteiger partial charge >= 0.3 is 5.97 Å².